The molecule has 0 aliphatic heterocycles. The molecular formula is C14H11F2N3. The molecule has 2 N–H and O–H groups in total. The van der Waals surface area contributed by atoms with Gasteiger partial charge in [0.05, 0.1) is 16.7 Å². The van der Waals surface area contributed by atoms with Gasteiger partial charge in [-0.25, -0.2) is 13.8 Å². The van der Waals surface area contributed by atoms with Gasteiger partial charge in [-0.2, -0.15) is 0 Å². The Morgan fingerprint density at radius 1 is 1.11 bits per heavy atom. The summed E-state index contributed by atoms with van der Waals surface area (Å²) in [6.45, 7) is 1.91. The normalized spacial score (nSPS) is 11.1. The van der Waals surface area contributed by atoms with Gasteiger partial charge in [0.25, 0.3) is 0 Å². The van der Waals surface area contributed by atoms with E-state index in [-0.39, 0.29) is 11.6 Å². The van der Waals surface area contributed by atoms with Crippen molar-refractivity contribution in [1.29, 1.82) is 0 Å². The molecule has 0 unspecified atom stereocenters. The summed E-state index contributed by atoms with van der Waals surface area (Å²) in [6.07, 6.45) is 0. The zero-order valence-electron chi connectivity index (χ0n) is 10.2. The highest BCUT2D eigenvalue weighted by atomic mass is 19.1. The number of hydrogen-bond donors (Lipinski definition) is 1. The minimum atomic E-state index is -0.547. The molecule has 0 aliphatic carbocycles. The van der Waals surface area contributed by atoms with Crippen LogP contribution in [0.2, 0.25) is 0 Å². The summed E-state index contributed by atoms with van der Waals surface area (Å²) in [5, 5.41) is 0. The maximum atomic E-state index is 13.9. The van der Waals surface area contributed by atoms with Crippen LogP contribution in [-0.2, 0) is 0 Å². The third-order valence-electron chi connectivity index (χ3n) is 2.99. The van der Waals surface area contributed by atoms with Crippen LogP contribution in [0.25, 0.3) is 16.7 Å². The highest BCUT2D eigenvalue weighted by molar-refractivity contribution is 5.81. The second kappa shape index (κ2) is 4.05. The number of anilines is 1. The number of imidazole rings is 1. The van der Waals surface area contributed by atoms with E-state index < -0.39 is 11.6 Å². The minimum Gasteiger partial charge on any atom is -0.369 e. The van der Waals surface area contributed by atoms with Gasteiger partial charge in [-0.05, 0) is 36.8 Å². The van der Waals surface area contributed by atoms with E-state index in [2.05, 4.69) is 4.98 Å². The molecule has 19 heavy (non-hydrogen) atoms. The molecule has 5 heteroatoms. The number of hydrogen-bond acceptors (Lipinski definition) is 2. The SMILES string of the molecule is Cc1ccc2nc(N)n(-c3cc(F)ccc3F)c2c1. The highest BCUT2D eigenvalue weighted by Gasteiger charge is 2.14. The Labute approximate surface area is 108 Å². The summed E-state index contributed by atoms with van der Waals surface area (Å²) in [5.41, 5.74) is 8.17. The van der Waals surface area contributed by atoms with E-state index in [1.807, 2.05) is 19.1 Å². The Balaban J connectivity index is 2.38. The van der Waals surface area contributed by atoms with Crippen molar-refractivity contribution in [3.05, 3.63) is 53.6 Å². The molecule has 0 atom stereocenters. The average molecular weight is 259 g/mol. The number of nitrogens with zero attached hydrogens (tertiary/aromatic N) is 2. The fourth-order valence-electron chi connectivity index (χ4n) is 2.11. The summed E-state index contributed by atoms with van der Waals surface area (Å²) in [4.78, 5) is 4.15. The van der Waals surface area contributed by atoms with Gasteiger partial charge in [0.2, 0.25) is 5.95 Å². The van der Waals surface area contributed by atoms with Crippen LogP contribution in [0.4, 0.5) is 14.7 Å². The standard InChI is InChI=1S/C14H11F2N3/c1-8-2-5-11-13(6-8)19(14(17)18-11)12-7-9(15)3-4-10(12)16/h2-7H,1H3,(H2,17,18). The van der Waals surface area contributed by atoms with Crippen LogP contribution in [0, 0.1) is 18.6 Å². The predicted octanol–water partition coefficient (Wildman–Crippen LogP) is 3.19. The summed E-state index contributed by atoms with van der Waals surface area (Å²) in [6, 6.07) is 8.78. The van der Waals surface area contributed by atoms with E-state index in [4.69, 9.17) is 5.73 Å². The topological polar surface area (TPSA) is 43.8 Å². The van der Waals surface area contributed by atoms with Gasteiger partial charge in [0.15, 0.2) is 0 Å². The zero-order valence-corrected chi connectivity index (χ0v) is 10.2. The van der Waals surface area contributed by atoms with Crippen LogP contribution in [0.5, 0.6) is 0 Å². The molecule has 0 fully saturated rings. The van der Waals surface area contributed by atoms with Crippen LogP contribution in [0.1, 0.15) is 5.56 Å². The largest absolute Gasteiger partial charge is 0.369 e. The summed E-state index contributed by atoms with van der Waals surface area (Å²) >= 11 is 0. The van der Waals surface area contributed by atoms with Crippen molar-refractivity contribution < 1.29 is 8.78 Å². The number of nitrogen functional groups attached to an aromatic ring is 1. The molecule has 0 radical (unpaired) electrons. The fourth-order valence-corrected chi connectivity index (χ4v) is 2.11. The first-order valence-corrected chi connectivity index (χ1v) is 5.76. The Bertz CT molecular complexity index is 778. The van der Waals surface area contributed by atoms with Crippen molar-refractivity contribution in [2.45, 2.75) is 6.92 Å². The lowest BCUT2D eigenvalue weighted by molar-refractivity contribution is 0.594. The lowest BCUT2D eigenvalue weighted by atomic mass is 10.2. The lowest BCUT2D eigenvalue weighted by Gasteiger charge is -2.08. The molecular weight excluding hydrogens is 248 g/mol. The first kappa shape index (κ1) is 11.6. The van der Waals surface area contributed by atoms with Crippen molar-refractivity contribution in [3.63, 3.8) is 0 Å². The Morgan fingerprint density at radius 3 is 2.68 bits per heavy atom. The summed E-state index contributed by atoms with van der Waals surface area (Å²) in [5.74, 6) is -0.940. The minimum absolute atomic E-state index is 0.0607. The third kappa shape index (κ3) is 1.83. The molecule has 0 aliphatic rings. The molecule has 0 bridgehead atoms. The van der Waals surface area contributed by atoms with Crippen LogP contribution in [0.3, 0.4) is 0 Å². The van der Waals surface area contributed by atoms with Crippen molar-refractivity contribution in [3.8, 4) is 5.69 Å². The van der Waals surface area contributed by atoms with E-state index in [0.29, 0.717) is 11.0 Å². The molecule has 3 nitrogen and oxygen atoms in total. The maximum absolute atomic E-state index is 13.9. The van der Waals surface area contributed by atoms with Gasteiger partial charge in [-0.15, -0.1) is 0 Å². The maximum Gasteiger partial charge on any atom is 0.206 e. The molecule has 0 saturated carbocycles. The Morgan fingerprint density at radius 2 is 1.89 bits per heavy atom. The fraction of sp³-hybridized carbons (Fsp3) is 0.0714. The summed E-state index contributed by atoms with van der Waals surface area (Å²) < 4.78 is 28.6. The van der Waals surface area contributed by atoms with Crippen LogP contribution >= 0.6 is 0 Å². The highest BCUT2D eigenvalue weighted by Crippen LogP contribution is 2.26. The molecule has 2 aromatic carbocycles. The molecule has 0 saturated heterocycles. The lowest BCUT2D eigenvalue weighted by Crippen LogP contribution is -2.03. The number of aromatic nitrogens is 2. The number of fused-ring (bicyclic) bond motifs is 1. The van der Waals surface area contributed by atoms with E-state index in [0.717, 1.165) is 23.8 Å². The Kier molecular flexibility index (Phi) is 2.48. The quantitative estimate of drug-likeness (QED) is 0.729. The monoisotopic (exact) mass is 259 g/mol. The number of benzene rings is 2. The van der Waals surface area contributed by atoms with Gasteiger partial charge in [-0.1, -0.05) is 6.07 Å². The van der Waals surface area contributed by atoms with E-state index >= 15 is 0 Å². The summed E-state index contributed by atoms with van der Waals surface area (Å²) in [7, 11) is 0. The van der Waals surface area contributed by atoms with Crippen molar-refractivity contribution in [2.75, 3.05) is 5.73 Å². The smallest absolute Gasteiger partial charge is 0.206 e. The molecule has 1 aromatic heterocycles. The molecule has 1 heterocycles. The average Bonchev–Trinajstić information content (AvgIpc) is 2.68. The van der Waals surface area contributed by atoms with Crippen molar-refractivity contribution in [1.82, 2.24) is 9.55 Å². The van der Waals surface area contributed by atoms with Crippen LogP contribution in [0.15, 0.2) is 36.4 Å². The first-order valence-electron chi connectivity index (χ1n) is 5.76. The third-order valence-corrected chi connectivity index (χ3v) is 2.99. The van der Waals surface area contributed by atoms with Gasteiger partial charge in [-0.3, -0.25) is 4.57 Å². The van der Waals surface area contributed by atoms with E-state index in [1.54, 1.807) is 6.07 Å². The second-order valence-corrected chi connectivity index (χ2v) is 4.39. The van der Waals surface area contributed by atoms with Crippen LogP contribution in [-0.4, -0.2) is 9.55 Å². The van der Waals surface area contributed by atoms with Gasteiger partial charge in [0, 0.05) is 6.07 Å². The molecule has 0 spiro atoms. The second-order valence-electron chi connectivity index (χ2n) is 4.39. The number of rotatable bonds is 1. The van der Waals surface area contributed by atoms with Gasteiger partial charge in [0.1, 0.15) is 11.6 Å². The predicted molar refractivity (Wildman–Crippen MR) is 70.1 cm³/mol. The molecule has 3 rings (SSSR count). The van der Waals surface area contributed by atoms with Gasteiger partial charge < -0.3 is 5.73 Å². The first-order chi connectivity index (χ1) is 9.06. The van der Waals surface area contributed by atoms with Crippen molar-refractivity contribution in [2.24, 2.45) is 0 Å². The van der Waals surface area contributed by atoms with Crippen molar-refractivity contribution >= 4 is 17.0 Å². The molecule has 96 valence electrons. The number of halogens is 2. The molecule has 0 amide bonds. The number of nitrogens with two attached hydrogens (primary N) is 1. The molecule has 3 aromatic rings. The number of aryl methyl sites for hydroxylation is 1. The van der Waals surface area contributed by atoms with E-state index in [9.17, 15) is 8.78 Å². The van der Waals surface area contributed by atoms with Gasteiger partial charge >= 0.3 is 0 Å². The van der Waals surface area contributed by atoms with Crippen LogP contribution < -0.4 is 5.73 Å². The Hall–Kier alpha value is -2.43. The zero-order chi connectivity index (χ0) is 13.6. The van der Waals surface area contributed by atoms with E-state index in [1.165, 1.54) is 4.57 Å².